The zero-order valence-corrected chi connectivity index (χ0v) is 16.2. The van der Waals surface area contributed by atoms with Gasteiger partial charge in [0.05, 0.1) is 0 Å². The van der Waals surface area contributed by atoms with E-state index in [1.165, 1.54) is 16.7 Å². The van der Waals surface area contributed by atoms with Gasteiger partial charge in [-0.2, -0.15) is 19.0 Å². The quantitative estimate of drug-likeness (QED) is 0.532. The average Bonchev–Trinajstić information content (AvgIpc) is 2.63. The maximum Gasteiger partial charge on any atom is 0.0276 e. The first-order chi connectivity index (χ1) is 12.7. The lowest BCUT2D eigenvalue weighted by Gasteiger charge is -2.39. The Morgan fingerprint density at radius 3 is 1.19 bits per heavy atom. The first-order valence-corrected chi connectivity index (χ1v) is 11.0. The molecule has 26 heavy (non-hydrogen) atoms. The molecule has 0 fully saturated rings. The number of hydrogen-bond donors (Lipinski definition) is 0. The van der Waals surface area contributed by atoms with Gasteiger partial charge in [0.25, 0.3) is 0 Å². The molecule has 1 unspecified atom stereocenters. The second kappa shape index (κ2) is 9.00. The van der Waals surface area contributed by atoms with Crippen LogP contribution in [0.1, 0.15) is 16.7 Å². The summed E-state index contributed by atoms with van der Waals surface area (Å²) >= 11 is 0. The van der Waals surface area contributed by atoms with Crippen LogP contribution in [0.2, 0.25) is 0 Å². The van der Waals surface area contributed by atoms with Crippen LogP contribution in [0.4, 0.5) is 0 Å². The van der Waals surface area contributed by atoms with Gasteiger partial charge in [0.1, 0.15) is 0 Å². The van der Waals surface area contributed by atoms with Crippen molar-refractivity contribution in [3.63, 3.8) is 0 Å². The summed E-state index contributed by atoms with van der Waals surface area (Å²) in [5.41, 5.74) is 4.78. The molecule has 0 aliphatic heterocycles. The summed E-state index contributed by atoms with van der Waals surface area (Å²) in [4.78, 5) is 0. The van der Waals surface area contributed by atoms with Crippen LogP contribution in [0.5, 0.6) is 0 Å². The van der Waals surface area contributed by atoms with Crippen molar-refractivity contribution in [1.29, 1.82) is 0 Å². The second-order valence-corrected chi connectivity index (χ2v) is 9.02. The predicted molar refractivity (Wildman–Crippen MR) is 115 cm³/mol. The van der Waals surface area contributed by atoms with Crippen LogP contribution in [0.15, 0.2) is 91.0 Å². The van der Waals surface area contributed by atoms with Crippen LogP contribution < -0.4 is 0 Å². The Hall–Kier alpha value is -2.13. The lowest BCUT2D eigenvalue weighted by Crippen LogP contribution is -2.49. The first-order valence-electron chi connectivity index (χ1n) is 9.29. The van der Waals surface area contributed by atoms with Gasteiger partial charge in [-0.25, -0.2) is 0 Å². The minimum absolute atomic E-state index is 0.763. The van der Waals surface area contributed by atoms with Crippen molar-refractivity contribution in [2.45, 2.75) is 19.0 Å². The van der Waals surface area contributed by atoms with Gasteiger partial charge in [0, 0.05) is 12.4 Å². The summed E-state index contributed by atoms with van der Waals surface area (Å²) in [7, 11) is -0.828. The number of benzene rings is 3. The van der Waals surface area contributed by atoms with Crippen molar-refractivity contribution in [2.24, 2.45) is 0 Å². The van der Waals surface area contributed by atoms with Crippen LogP contribution >= 0.6 is 0 Å². The van der Waals surface area contributed by atoms with Gasteiger partial charge in [-0.15, -0.1) is 5.65 Å². The van der Waals surface area contributed by atoms with E-state index in [1.54, 1.807) is 0 Å². The van der Waals surface area contributed by atoms with Crippen molar-refractivity contribution in [3.8, 4) is 0 Å². The van der Waals surface area contributed by atoms with Crippen LogP contribution in [0, 0.1) is 0 Å². The summed E-state index contributed by atoms with van der Waals surface area (Å²) in [6.07, 6.45) is 3.93. The highest BCUT2D eigenvalue weighted by molar-refractivity contribution is 7.86. The fourth-order valence-corrected chi connectivity index (χ4v) is 5.58. The molecule has 0 saturated carbocycles. The third-order valence-electron chi connectivity index (χ3n) is 5.12. The molecule has 0 radical (unpaired) electrons. The van der Waals surface area contributed by atoms with E-state index in [-0.39, 0.29) is 0 Å². The van der Waals surface area contributed by atoms with Gasteiger partial charge in [-0.05, 0) is 10.8 Å². The molecule has 0 amide bonds. The summed E-state index contributed by atoms with van der Waals surface area (Å²) in [6.45, 7) is 0. The van der Waals surface area contributed by atoms with Crippen molar-refractivity contribution < 1.29 is 4.21 Å². The van der Waals surface area contributed by atoms with Gasteiger partial charge in [0.2, 0.25) is 0 Å². The molecule has 0 bridgehead atoms. The molecule has 134 valence electrons. The van der Waals surface area contributed by atoms with Crippen molar-refractivity contribution in [1.82, 2.24) is 0 Å². The topological polar surface area (TPSA) is 17.1 Å². The lowest BCUT2D eigenvalue weighted by molar-refractivity contribution is 0.689. The highest BCUT2D eigenvalue weighted by Gasteiger charge is 2.27. The van der Waals surface area contributed by atoms with Gasteiger partial charge in [0.15, 0.2) is 0 Å². The molecular formula is C23H26BOS-. The van der Waals surface area contributed by atoms with Crippen LogP contribution in [-0.4, -0.2) is 22.3 Å². The first kappa shape index (κ1) is 18.7. The van der Waals surface area contributed by atoms with Crippen LogP contribution in [0.25, 0.3) is 0 Å². The molecule has 3 aromatic rings. The molecule has 3 heteroatoms. The van der Waals surface area contributed by atoms with Crippen molar-refractivity contribution >= 4 is 16.9 Å². The molecule has 3 aromatic carbocycles. The summed E-state index contributed by atoms with van der Waals surface area (Å²) < 4.78 is 12.4. The summed E-state index contributed by atoms with van der Waals surface area (Å²) in [6, 6.07) is 32.0. The third-order valence-corrected chi connectivity index (χ3v) is 6.30. The van der Waals surface area contributed by atoms with Crippen molar-refractivity contribution in [3.05, 3.63) is 108 Å². The lowest BCUT2D eigenvalue weighted by atomic mass is 9.19. The van der Waals surface area contributed by atoms with Crippen LogP contribution in [-0.2, 0) is 29.8 Å². The maximum absolute atomic E-state index is 12.4. The summed E-state index contributed by atoms with van der Waals surface area (Å²) in [5, 5.41) is 0. The standard InChI is InChI=1S/C23H26BOS/c1-26(25)20-24(17-21-11-5-2-6-12-21,18-22-13-7-3-8-14-22)19-23-15-9-4-10-16-23/h2-16H,17-20H2,1H3/q-1. The second-order valence-electron chi connectivity index (χ2n) is 7.54. The number of rotatable bonds is 8. The van der Waals surface area contributed by atoms with E-state index in [4.69, 9.17) is 0 Å². The molecule has 0 aliphatic rings. The van der Waals surface area contributed by atoms with Gasteiger partial charge in [-0.3, -0.25) is 4.21 Å². The van der Waals surface area contributed by atoms with Gasteiger partial charge < -0.3 is 0 Å². The zero-order chi connectivity index (χ0) is 18.2. The molecule has 1 nitrogen and oxygen atoms in total. The maximum atomic E-state index is 12.4. The van der Waals surface area contributed by atoms with Gasteiger partial charge in [-0.1, -0.05) is 108 Å². The SMILES string of the molecule is CS(=O)C[B-](Cc1ccccc1)(Cc1ccccc1)Cc1ccccc1. The van der Waals surface area contributed by atoms with E-state index in [1.807, 2.05) is 6.26 Å². The minimum atomic E-state index is -0.883. The monoisotopic (exact) mass is 361 g/mol. The minimum Gasteiger partial charge on any atom is -0.263 e. The van der Waals surface area contributed by atoms with Gasteiger partial charge >= 0.3 is 0 Å². The Morgan fingerprint density at radius 1 is 0.615 bits per heavy atom. The van der Waals surface area contributed by atoms with E-state index >= 15 is 0 Å². The van der Waals surface area contributed by atoms with E-state index in [2.05, 4.69) is 91.0 Å². The Morgan fingerprint density at radius 2 is 0.923 bits per heavy atom. The van der Waals surface area contributed by atoms with E-state index in [0.717, 1.165) is 24.6 Å². The molecule has 0 aliphatic carbocycles. The smallest absolute Gasteiger partial charge is 0.0276 e. The third kappa shape index (κ3) is 5.44. The fourth-order valence-electron chi connectivity index (χ4n) is 4.23. The normalized spacial score (nSPS) is 12.7. The fraction of sp³-hybridized carbons (Fsp3) is 0.217. The molecule has 0 spiro atoms. The highest BCUT2D eigenvalue weighted by atomic mass is 32.2. The molecule has 0 aromatic heterocycles. The van der Waals surface area contributed by atoms with E-state index in [9.17, 15) is 4.21 Å². The predicted octanol–water partition coefficient (Wildman–Crippen LogP) is 4.70. The molecule has 0 saturated heterocycles. The average molecular weight is 361 g/mol. The van der Waals surface area contributed by atoms with E-state index in [0.29, 0.717) is 0 Å². The molecular weight excluding hydrogens is 335 g/mol. The Kier molecular flexibility index (Phi) is 6.46. The van der Waals surface area contributed by atoms with Crippen LogP contribution in [0.3, 0.4) is 0 Å². The zero-order valence-electron chi connectivity index (χ0n) is 15.4. The summed E-state index contributed by atoms with van der Waals surface area (Å²) in [5.74, 6) is 0. The molecule has 0 N–H and O–H groups in total. The van der Waals surface area contributed by atoms with Crippen molar-refractivity contribution in [2.75, 3.05) is 11.9 Å². The Bertz CT molecular complexity index is 717. The Balaban J connectivity index is 1.98. The largest absolute Gasteiger partial charge is 0.263 e. The molecule has 0 heterocycles. The molecule has 3 rings (SSSR count). The Labute approximate surface area is 159 Å². The number of hydrogen-bond acceptors (Lipinski definition) is 1. The van der Waals surface area contributed by atoms with E-state index < -0.39 is 16.9 Å². The highest BCUT2D eigenvalue weighted by Crippen LogP contribution is 2.23. The molecule has 1 atom stereocenters.